The molecule has 0 amide bonds. The standard InChI is InChI=1S/C9H13N.Re/c1-9-6-4-3-5-7-10(2)8-9;/h4-8H,3H2,1-2H3;/b6-4-,7-5-,10-8?;. The van der Waals surface area contributed by atoms with Crippen molar-refractivity contribution in [2.75, 3.05) is 7.05 Å². The van der Waals surface area contributed by atoms with Crippen molar-refractivity contribution in [3.05, 3.63) is 30.3 Å². The first-order valence-corrected chi connectivity index (χ1v) is 3.52. The Hall–Kier alpha value is -0.318. The van der Waals surface area contributed by atoms with Crippen LogP contribution in [0, 0.1) is 5.92 Å². The first-order valence-electron chi connectivity index (χ1n) is 3.52. The van der Waals surface area contributed by atoms with Crippen LogP contribution in [0.4, 0.5) is 0 Å². The van der Waals surface area contributed by atoms with Crippen molar-refractivity contribution in [1.82, 2.24) is 0 Å². The fraction of sp³-hybridized carbons (Fsp3) is 0.333. The molecule has 0 atom stereocenters. The molecule has 1 nitrogen and oxygen atoms in total. The molecule has 1 aliphatic rings. The Labute approximate surface area is 82.2 Å². The molecule has 1 heterocycles. The van der Waals surface area contributed by atoms with Gasteiger partial charge in [0, 0.05) is 20.4 Å². The minimum atomic E-state index is 0. The van der Waals surface area contributed by atoms with Gasteiger partial charge in [0.25, 0.3) is 0 Å². The van der Waals surface area contributed by atoms with Crippen LogP contribution >= 0.6 is 0 Å². The van der Waals surface area contributed by atoms with Crippen LogP contribution in [-0.2, 0) is 20.4 Å². The topological polar surface area (TPSA) is 3.01 Å². The fourth-order valence-corrected chi connectivity index (χ4v) is 0.967. The Kier molecular flexibility index (Phi) is 5.19. The quantitative estimate of drug-likeness (QED) is 0.472. The van der Waals surface area contributed by atoms with Gasteiger partial charge in [0.1, 0.15) is 7.05 Å². The first kappa shape index (κ1) is 10.7. The summed E-state index contributed by atoms with van der Waals surface area (Å²) in [5, 5.41) is 0. The minimum absolute atomic E-state index is 0. The summed E-state index contributed by atoms with van der Waals surface area (Å²) in [6.07, 6.45) is 11.7. The molecule has 0 unspecified atom stereocenters. The second kappa shape index (κ2) is 5.35. The molecular formula is C9H13NRe. The molecule has 1 rings (SSSR count). The van der Waals surface area contributed by atoms with Crippen LogP contribution in [0.1, 0.15) is 13.3 Å². The molecule has 11 heavy (non-hydrogen) atoms. The van der Waals surface area contributed by atoms with Crippen molar-refractivity contribution in [1.29, 1.82) is 0 Å². The van der Waals surface area contributed by atoms with E-state index < -0.39 is 0 Å². The summed E-state index contributed by atoms with van der Waals surface area (Å²) in [6, 6.07) is 0. The minimum Gasteiger partial charge on any atom is -0.226 e. The van der Waals surface area contributed by atoms with Crippen molar-refractivity contribution in [3.63, 3.8) is 0 Å². The van der Waals surface area contributed by atoms with Gasteiger partial charge >= 0.3 is 0 Å². The second-order valence-corrected chi connectivity index (χ2v) is 2.56. The van der Waals surface area contributed by atoms with E-state index in [-0.39, 0.29) is 20.4 Å². The van der Waals surface area contributed by atoms with Gasteiger partial charge in [-0.3, -0.25) is 0 Å². The number of rotatable bonds is 0. The number of allylic oxidation sites excluding steroid dienone is 3. The number of hydrogen-bond acceptors (Lipinski definition) is 0. The van der Waals surface area contributed by atoms with Crippen LogP contribution in [0.15, 0.2) is 24.4 Å². The zero-order valence-corrected chi connectivity index (χ0v) is 9.63. The van der Waals surface area contributed by atoms with Crippen LogP contribution in [0.5, 0.6) is 0 Å². The number of hydrogen-bond donors (Lipinski definition) is 0. The van der Waals surface area contributed by atoms with Crippen LogP contribution in [0.25, 0.3) is 0 Å². The maximum absolute atomic E-state index is 2.16. The number of nitrogens with zero attached hydrogens (tertiary/aromatic N) is 1. The Bertz CT molecular complexity index is 192. The van der Waals surface area contributed by atoms with Crippen molar-refractivity contribution < 1.29 is 25.0 Å². The monoisotopic (exact) mass is 322 g/mol. The van der Waals surface area contributed by atoms with Gasteiger partial charge in [-0.1, -0.05) is 6.42 Å². The van der Waals surface area contributed by atoms with E-state index in [4.69, 9.17) is 0 Å². The van der Waals surface area contributed by atoms with E-state index >= 15 is 0 Å². The largest absolute Gasteiger partial charge is 0.226 e. The van der Waals surface area contributed by atoms with Crippen molar-refractivity contribution in [2.45, 2.75) is 13.3 Å². The van der Waals surface area contributed by atoms with E-state index in [0.29, 0.717) is 0 Å². The SMILES string of the molecule is C[C-]1C=[N+](C)/C=C\C/C=C\1.[Re]. The molecule has 0 saturated carbocycles. The average molecular weight is 321 g/mol. The predicted molar refractivity (Wildman–Crippen MR) is 44.1 cm³/mol. The zero-order chi connectivity index (χ0) is 7.40. The molecule has 0 saturated heterocycles. The van der Waals surface area contributed by atoms with Gasteiger partial charge in [-0.05, 0) is 6.08 Å². The molecule has 0 aromatic carbocycles. The second-order valence-electron chi connectivity index (χ2n) is 2.56. The van der Waals surface area contributed by atoms with Gasteiger partial charge in [0.2, 0.25) is 0 Å². The van der Waals surface area contributed by atoms with E-state index in [2.05, 4.69) is 42.1 Å². The molecule has 0 fully saturated rings. The average Bonchev–Trinajstić information content (AvgIpc) is 1.83. The molecule has 0 aromatic rings. The predicted octanol–water partition coefficient (Wildman–Crippen LogP) is 1.76. The van der Waals surface area contributed by atoms with Crippen molar-refractivity contribution in [2.24, 2.45) is 0 Å². The molecule has 1 aliphatic heterocycles. The van der Waals surface area contributed by atoms with Gasteiger partial charge in [-0.25, -0.2) is 16.7 Å². The molecule has 0 spiro atoms. The summed E-state index contributed by atoms with van der Waals surface area (Å²) >= 11 is 0. The normalized spacial score (nSPS) is 22.4. The van der Waals surface area contributed by atoms with Gasteiger partial charge < -0.3 is 0 Å². The van der Waals surface area contributed by atoms with Crippen LogP contribution in [0.3, 0.4) is 0 Å². The van der Waals surface area contributed by atoms with Gasteiger partial charge in [-0.2, -0.15) is 0 Å². The Balaban J connectivity index is 0.000001000. The van der Waals surface area contributed by atoms with E-state index in [1.54, 1.807) is 0 Å². The van der Waals surface area contributed by atoms with Gasteiger partial charge in [0.15, 0.2) is 6.20 Å². The smallest absolute Gasteiger partial charge is 0.161 e. The van der Waals surface area contributed by atoms with Gasteiger partial charge in [-0.15, -0.1) is 12.8 Å². The summed E-state index contributed by atoms with van der Waals surface area (Å²) in [5.41, 5.74) is 0. The first-order chi connectivity index (χ1) is 4.79. The van der Waals surface area contributed by atoms with Crippen LogP contribution in [-0.4, -0.2) is 17.8 Å². The summed E-state index contributed by atoms with van der Waals surface area (Å²) < 4.78 is 2.07. The Morgan fingerprint density at radius 3 is 2.82 bits per heavy atom. The molecule has 0 aromatic heterocycles. The van der Waals surface area contributed by atoms with E-state index in [0.717, 1.165) is 6.42 Å². The van der Waals surface area contributed by atoms with E-state index in [1.165, 1.54) is 5.92 Å². The Morgan fingerprint density at radius 2 is 2.09 bits per heavy atom. The summed E-state index contributed by atoms with van der Waals surface area (Å²) in [6.45, 7) is 2.10. The third-order valence-corrected chi connectivity index (χ3v) is 1.40. The molecule has 1 radical (unpaired) electrons. The summed E-state index contributed by atoms with van der Waals surface area (Å²) in [4.78, 5) is 0. The summed E-state index contributed by atoms with van der Waals surface area (Å²) in [5.74, 6) is 1.30. The van der Waals surface area contributed by atoms with Crippen LogP contribution in [0.2, 0.25) is 0 Å². The van der Waals surface area contributed by atoms with Crippen LogP contribution < -0.4 is 0 Å². The zero-order valence-electron chi connectivity index (χ0n) is 6.92. The fourth-order valence-electron chi connectivity index (χ4n) is 0.967. The van der Waals surface area contributed by atoms with E-state index in [1.807, 2.05) is 7.05 Å². The Morgan fingerprint density at radius 1 is 1.36 bits per heavy atom. The maximum Gasteiger partial charge on any atom is 0.161 e. The van der Waals surface area contributed by atoms with Crippen molar-refractivity contribution >= 4 is 6.21 Å². The van der Waals surface area contributed by atoms with Crippen molar-refractivity contribution in [3.8, 4) is 0 Å². The third kappa shape index (κ3) is 4.19. The maximum atomic E-state index is 2.16. The molecule has 2 heteroatoms. The summed E-state index contributed by atoms with van der Waals surface area (Å²) in [7, 11) is 2.04. The molecule has 0 aliphatic carbocycles. The molecule has 0 N–H and O–H groups in total. The van der Waals surface area contributed by atoms with Gasteiger partial charge in [0.05, 0.1) is 6.21 Å². The van der Waals surface area contributed by atoms with E-state index in [9.17, 15) is 0 Å². The third-order valence-electron chi connectivity index (χ3n) is 1.40. The molecular weight excluding hydrogens is 308 g/mol. The molecule has 0 bridgehead atoms. The molecule has 61 valence electrons.